The molecule has 0 aliphatic rings. The Kier molecular flexibility index (Phi) is 7.64. The van der Waals surface area contributed by atoms with Crippen LogP contribution in [0.2, 0.25) is 0 Å². The third kappa shape index (κ3) is 6.25. The Labute approximate surface area is 109 Å². The van der Waals surface area contributed by atoms with Crippen molar-refractivity contribution in [2.45, 2.75) is 20.0 Å². The van der Waals surface area contributed by atoms with E-state index in [1.165, 1.54) is 5.56 Å². The Morgan fingerprint density at radius 3 is 2.56 bits per heavy atom. The predicted octanol–water partition coefficient (Wildman–Crippen LogP) is 1.78. The smallest absolute Gasteiger partial charge is 0.191 e. The average Bonchev–Trinajstić information content (AvgIpc) is 2.43. The molecule has 100 valence electrons. The molecule has 0 radical (unpaired) electrons. The molecule has 0 saturated carbocycles. The number of hydrogen-bond donors (Lipinski definition) is 2. The number of benzene rings is 1. The number of nitrogens with zero attached hydrogens (tertiary/aromatic N) is 1. The molecule has 0 aliphatic heterocycles. The van der Waals surface area contributed by atoms with Gasteiger partial charge in [-0.05, 0) is 12.0 Å². The molecule has 18 heavy (non-hydrogen) atoms. The van der Waals surface area contributed by atoms with E-state index in [2.05, 4.69) is 34.7 Å². The molecule has 1 aromatic carbocycles. The zero-order valence-corrected chi connectivity index (χ0v) is 11.3. The SMILES string of the molecule is CCCNC(=NC)NCCOCc1ccccc1. The third-order valence-electron chi connectivity index (χ3n) is 2.42. The van der Waals surface area contributed by atoms with Crippen molar-refractivity contribution in [2.24, 2.45) is 4.99 Å². The highest BCUT2D eigenvalue weighted by atomic mass is 16.5. The minimum Gasteiger partial charge on any atom is -0.375 e. The number of hydrogen-bond acceptors (Lipinski definition) is 2. The molecular formula is C14H23N3O. The van der Waals surface area contributed by atoms with E-state index >= 15 is 0 Å². The number of nitrogens with one attached hydrogen (secondary N) is 2. The van der Waals surface area contributed by atoms with Gasteiger partial charge in [-0.25, -0.2) is 0 Å². The van der Waals surface area contributed by atoms with Crippen LogP contribution in [0.25, 0.3) is 0 Å². The number of rotatable bonds is 7. The van der Waals surface area contributed by atoms with Gasteiger partial charge in [0.2, 0.25) is 0 Å². The molecule has 4 nitrogen and oxygen atoms in total. The topological polar surface area (TPSA) is 45.7 Å². The van der Waals surface area contributed by atoms with Gasteiger partial charge < -0.3 is 15.4 Å². The van der Waals surface area contributed by atoms with E-state index in [-0.39, 0.29) is 0 Å². The summed E-state index contributed by atoms with van der Waals surface area (Å²) in [7, 11) is 1.77. The van der Waals surface area contributed by atoms with Crippen molar-refractivity contribution in [3.8, 4) is 0 Å². The van der Waals surface area contributed by atoms with Crippen LogP contribution in [0.15, 0.2) is 35.3 Å². The Morgan fingerprint density at radius 1 is 1.17 bits per heavy atom. The van der Waals surface area contributed by atoms with E-state index in [0.29, 0.717) is 13.2 Å². The highest BCUT2D eigenvalue weighted by Crippen LogP contribution is 1.99. The molecule has 2 N–H and O–H groups in total. The van der Waals surface area contributed by atoms with Gasteiger partial charge in [-0.15, -0.1) is 0 Å². The summed E-state index contributed by atoms with van der Waals surface area (Å²) in [6.45, 7) is 5.15. The maximum atomic E-state index is 5.57. The van der Waals surface area contributed by atoms with Gasteiger partial charge in [0.25, 0.3) is 0 Å². The standard InChI is InChI=1S/C14H23N3O/c1-3-9-16-14(15-2)17-10-11-18-12-13-7-5-4-6-8-13/h4-8H,3,9-12H2,1-2H3,(H2,15,16,17). The first-order valence-electron chi connectivity index (χ1n) is 6.43. The van der Waals surface area contributed by atoms with Gasteiger partial charge in [0.15, 0.2) is 5.96 Å². The van der Waals surface area contributed by atoms with Crippen LogP contribution in [-0.2, 0) is 11.3 Å². The lowest BCUT2D eigenvalue weighted by Crippen LogP contribution is -2.39. The molecular weight excluding hydrogens is 226 g/mol. The van der Waals surface area contributed by atoms with E-state index in [0.717, 1.165) is 25.5 Å². The van der Waals surface area contributed by atoms with Crippen LogP contribution in [0, 0.1) is 0 Å². The third-order valence-corrected chi connectivity index (χ3v) is 2.42. The summed E-state index contributed by atoms with van der Waals surface area (Å²) in [5.41, 5.74) is 1.20. The van der Waals surface area contributed by atoms with Gasteiger partial charge in [-0.1, -0.05) is 37.3 Å². The fourth-order valence-electron chi connectivity index (χ4n) is 1.47. The zero-order chi connectivity index (χ0) is 13.1. The molecule has 0 aromatic heterocycles. The van der Waals surface area contributed by atoms with Crippen LogP contribution in [-0.4, -0.2) is 32.7 Å². The molecule has 0 saturated heterocycles. The molecule has 0 unspecified atom stereocenters. The molecule has 0 aliphatic carbocycles. The fourth-order valence-corrected chi connectivity index (χ4v) is 1.47. The van der Waals surface area contributed by atoms with E-state index in [4.69, 9.17) is 4.74 Å². The van der Waals surface area contributed by atoms with E-state index < -0.39 is 0 Å². The fraction of sp³-hybridized carbons (Fsp3) is 0.500. The summed E-state index contributed by atoms with van der Waals surface area (Å²) in [4.78, 5) is 4.12. The summed E-state index contributed by atoms with van der Waals surface area (Å²) < 4.78 is 5.57. The second kappa shape index (κ2) is 9.48. The quantitative estimate of drug-likeness (QED) is 0.440. The largest absolute Gasteiger partial charge is 0.375 e. The van der Waals surface area contributed by atoms with Crippen LogP contribution in [0.4, 0.5) is 0 Å². The Morgan fingerprint density at radius 2 is 1.89 bits per heavy atom. The van der Waals surface area contributed by atoms with Gasteiger partial charge in [0.05, 0.1) is 13.2 Å². The predicted molar refractivity (Wildman–Crippen MR) is 75.8 cm³/mol. The highest BCUT2D eigenvalue weighted by Gasteiger charge is 1.95. The van der Waals surface area contributed by atoms with Crippen molar-refractivity contribution in [2.75, 3.05) is 26.7 Å². The second-order valence-corrected chi connectivity index (χ2v) is 3.96. The summed E-state index contributed by atoms with van der Waals surface area (Å²) in [5, 5.41) is 6.42. The summed E-state index contributed by atoms with van der Waals surface area (Å²) >= 11 is 0. The van der Waals surface area contributed by atoms with Gasteiger partial charge in [-0.2, -0.15) is 0 Å². The molecule has 0 heterocycles. The van der Waals surface area contributed by atoms with E-state index in [1.807, 2.05) is 18.2 Å². The molecule has 0 amide bonds. The maximum absolute atomic E-state index is 5.57. The molecule has 4 heteroatoms. The Bertz CT molecular complexity index is 338. The first-order valence-corrected chi connectivity index (χ1v) is 6.43. The van der Waals surface area contributed by atoms with E-state index in [1.54, 1.807) is 7.05 Å². The van der Waals surface area contributed by atoms with Gasteiger partial charge in [-0.3, -0.25) is 4.99 Å². The summed E-state index contributed by atoms with van der Waals surface area (Å²) in [5.74, 6) is 0.833. The van der Waals surface area contributed by atoms with Gasteiger partial charge >= 0.3 is 0 Å². The Hall–Kier alpha value is -1.55. The minimum absolute atomic E-state index is 0.656. The van der Waals surface area contributed by atoms with E-state index in [9.17, 15) is 0 Å². The minimum atomic E-state index is 0.656. The van der Waals surface area contributed by atoms with Crippen LogP contribution in [0.1, 0.15) is 18.9 Å². The van der Waals surface area contributed by atoms with Gasteiger partial charge in [0.1, 0.15) is 0 Å². The number of aliphatic imine (C=N–C) groups is 1. The Balaban J connectivity index is 2.07. The number of ether oxygens (including phenoxy) is 1. The average molecular weight is 249 g/mol. The lowest BCUT2D eigenvalue weighted by Gasteiger charge is -2.11. The lowest BCUT2D eigenvalue weighted by molar-refractivity contribution is 0.125. The zero-order valence-electron chi connectivity index (χ0n) is 11.3. The summed E-state index contributed by atoms with van der Waals surface area (Å²) in [6.07, 6.45) is 1.09. The molecule has 0 atom stereocenters. The van der Waals surface area contributed by atoms with Crippen LogP contribution >= 0.6 is 0 Å². The van der Waals surface area contributed by atoms with Crippen LogP contribution in [0.5, 0.6) is 0 Å². The van der Waals surface area contributed by atoms with Crippen molar-refractivity contribution >= 4 is 5.96 Å². The maximum Gasteiger partial charge on any atom is 0.191 e. The van der Waals surface area contributed by atoms with Crippen LogP contribution < -0.4 is 10.6 Å². The highest BCUT2D eigenvalue weighted by molar-refractivity contribution is 5.79. The molecule has 1 rings (SSSR count). The van der Waals surface area contributed by atoms with Crippen molar-refractivity contribution in [1.82, 2.24) is 10.6 Å². The molecule has 0 bridgehead atoms. The first-order chi connectivity index (χ1) is 8.86. The second-order valence-electron chi connectivity index (χ2n) is 3.96. The van der Waals surface area contributed by atoms with Crippen molar-refractivity contribution < 1.29 is 4.74 Å². The first kappa shape index (κ1) is 14.5. The van der Waals surface area contributed by atoms with Crippen molar-refractivity contribution in [3.05, 3.63) is 35.9 Å². The molecule has 0 fully saturated rings. The van der Waals surface area contributed by atoms with Crippen molar-refractivity contribution in [1.29, 1.82) is 0 Å². The van der Waals surface area contributed by atoms with Crippen molar-refractivity contribution in [3.63, 3.8) is 0 Å². The van der Waals surface area contributed by atoms with Gasteiger partial charge in [0, 0.05) is 20.1 Å². The molecule has 1 aromatic rings. The summed E-state index contributed by atoms with van der Waals surface area (Å²) in [6, 6.07) is 10.2. The normalized spacial score (nSPS) is 11.3. The van der Waals surface area contributed by atoms with Crippen LogP contribution in [0.3, 0.4) is 0 Å². The molecule has 0 spiro atoms. The monoisotopic (exact) mass is 249 g/mol. The lowest BCUT2D eigenvalue weighted by atomic mass is 10.2. The number of guanidine groups is 1.